The number of carbonyl (C=O) groups excluding carboxylic acids is 1. The van der Waals surface area contributed by atoms with Gasteiger partial charge in [-0.3, -0.25) is 4.79 Å². The van der Waals surface area contributed by atoms with Gasteiger partial charge in [0, 0.05) is 6.42 Å². The second-order valence-corrected chi connectivity index (χ2v) is 17.9. The third-order valence-corrected chi connectivity index (χ3v) is 12.4. The van der Waals surface area contributed by atoms with E-state index in [0.717, 1.165) is 57.8 Å². The van der Waals surface area contributed by atoms with Crippen molar-refractivity contribution >= 4 is 5.91 Å². The molecule has 370 valence electrons. The lowest BCUT2D eigenvalue weighted by Gasteiger charge is -2.46. The first-order valence-electron chi connectivity index (χ1n) is 25.1. The molecule has 2 saturated heterocycles. The van der Waals surface area contributed by atoms with Crippen molar-refractivity contribution < 1.29 is 64.6 Å². The summed E-state index contributed by atoms with van der Waals surface area (Å²) in [6, 6.07) is -0.829. The fourth-order valence-corrected chi connectivity index (χ4v) is 8.27. The maximum atomic E-state index is 13.2. The summed E-state index contributed by atoms with van der Waals surface area (Å²) in [6.45, 7) is 2.80. The van der Waals surface area contributed by atoms with Gasteiger partial charge in [-0.15, -0.1) is 0 Å². The normalized spacial score (nSPS) is 27.7. The highest BCUT2D eigenvalue weighted by atomic mass is 16.7. The summed E-state index contributed by atoms with van der Waals surface area (Å²) in [6.07, 6.45) is 21.7. The predicted molar refractivity (Wildman–Crippen MR) is 245 cm³/mol. The van der Waals surface area contributed by atoms with E-state index in [0.29, 0.717) is 19.3 Å². The molecular formula is C49H91NO13. The van der Waals surface area contributed by atoms with Gasteiger partial charge in [-0.2, -0.15) is 0 Å². The Balaban J connectivity index is 1.84. The number of amides is 1. The highest BCUT2D eigenvalue weighted by Gasteiger charge is 2.51. The Morgan fingerprint density at radius 3 is 1.62 bits per heavy atom. The molecule has 2 rings (SSSR count). The lowest BCUT2D eigenvalue weighted by atomic mass is 9.97. The van der Waals surface area contributed by atoms with Crippen molar-refractivity contribution in [3.05, 3.63) is 24.3 Å². The van der Waals surface area contributed by atoms with Crippen molar-refractivity contribution in [1.82, 2.24) is 5.32 Å². The molecule has 2 heterocycles. The minimum Gasteiger partial charge on any atom is -0.394 e. The third kappa shape index (κ3) is 24.2. The van der Waals surface area contributed by atoms with E-state index in [4.69, 9.17) is 18.9 Å². The highest BCUT2D eigenvalue weighted by molar-refractivity contribution is 5.76. The van der Waals surface area contributed by atoms with Crippen LogP contribution in [-0.4, -0.2) is 140 Å². The van der Waals surface area contributed by atoms with Crippen LogP contribution in [0.25, 0.3) is 0 Å². The van der Waals surface area contributed by atoms with Crippen molar-refractivity contribution in [2.24, 2.45) is 0 Å². The van der Waals surface area contributed by atoms with Crippen molar-refractivity contribution in [1.29, 1.82) is 0 Å². The number of hydrogen-bond acceptors (Lipinski definition) is 13. The van der Waals surface area contributed by atoms with Gasteiger partial charge in [0.15, 0.2) is 12.6 Å². The van der Waals surface area contributed by atoms with Crippen LogP contribution in [0.2, 0.25) is 0 Å². The number of unbranched alkanes of at least 4 members (excludes halogenated alkanes) is 21. The summed E-state index contributed by atoms with van der Waals surface area (Å²) >= 11 is 0. The first kappa shape index (κ1) is 57.6. The molecule has 0 aromatic heterocycles. The largest absolute Gasteiger partial charge is 0.394 e. The van der Waals surface area contributed by atoms with Crippen LogP contribution in [0, 0.1) is 0 Å². The van der Waals surface area contributed by atoms with Gasteiger partial charge in [0.05, 0.1) is 32.0 Å². The Morgan fingerprint density at radius 2 is 1.05 bits per heavy atom. The van der Waals surface area contributed by atoms with E-state index >= 15 is 0 Å². The maximum Gasteiger partial charge on any atom is 0.220 e. The van der Waals surface area contributed by atoms with Crippen LogP contribution in [0.5, 0.6) is 0 Å². The van der Waals surface area contributed by atoms with Crippen LogP contribution < -0.4 is 5.32 Å². The lowest BCUT2D eigenvalue weighted by molar-refractivity contribution is -0.359. The number of hydrogen-bond donors (Lipinski definition) is 9. The maximum absolute atomic E-state index is 13.2. The predicted octanol–water partition coefficient (Wildman–Crippen LogP) is 6.16. The van der Waals surface area contributed by atoms with Crippen LogP contribution in [0.4, 0.5) is 0 Å². The second-order valence-electron chi connectivity index (χ2n) is 17.9. The van der Waals surface area contributed by atoms with Gasteiger partial charge in [-0.05, 0) is 44.9 Å². The van der Waals surface area contributed by atoms with Gasteiger partial charge >= 0.3 is 0 Å². The van der Waals surface area contributed by atoms with E-state index in [1.165, 1.54) is 96.3 Å². The first-order chi connectivity index (χ1) is 30.6. The fourth-order valence-electron chi connectivity index (χ4n) is 8.27. The highest BCUT2D eigenvalue weighted by Crippen LogP contribution is 2.30. The molecule has 9 N–H and O–H groups in total. The molecule has 0 radical (unpaired) electrons. The van der Waals surface area contributed by atoms with Crippen LogP contribution in [0.15, 0.2) is 24.3 Å². The van der Waals surface area contributed by atoms with Crippen LogP contribution in [0.1, 0.15) is 187 Å². The second kappa shape index (κ2) is 36.6. The Labute approximate surface area is 379 Å². The minimum absolute atomic E-state index is 0.216. The Hall–Kier alpha value is -1.53. The molecule has 1 amide bonds. The summed E-state index contributed by atoms with van der Waals surface area (Å²) in [4.78, 5) is 13.2. The molecule has 0 saturated carbocycles. The van der Waals surface area contributed by atoms with E-state index in [2.05, 4.69) is 43.5 Å². The van der Waals surface area contributed by atoms with E-state index in [1.807, 2.05) is 0 Å². The van der Waals surface area contributed by atoms with Gasteiger partial charge in [0.1, 0.15) is 48.8 Å². The van der Waals surface area contributed by atoms with Gasteiger partial charge in [-0.1, -0.05) is 160 Å². The summed E-state index contributed by atoms with van der Waals surface area (Å²) in [5.74, 6) is -0.216. The molecule has 0 aromatic carbocycles. The Morgan fingerprint density at radius 1 is 0.571 bits per heavy atom. The molecule has 12 unspecified atom stereocenters. The summed E-state index contributed by atoms with van der Waals surface area (Å²) < 4.78 is 22.7. The molecule has 0 bridgehead atoms. The van der Waals surface area contributed by atoms with Crippen molar-refractivity contribution in [3.8, 4) is 0 Å². The fraction of sp³-hybridized carbons (Fsp3) is 0.898. The van der Waals surface area contributed by atoms with E-state index in [9.17, 15) is 45.6 Å². The van der Waals surface area contributed by atoms with Gasteiger partial charge in [-0.25, -0.2) is 0 Å². The zero-order chi connectivity index (χ0) is 46.1. The average molecular weight is 902 g/mol. The number of allylic oxidation sites excluding steroid dienone is 4. The molecule has 12 atom stereocenters. The molecule has 0 spiro atoms. The zero-order valence-electron chi connectivity index (χ0n) is 39.1. The Kier molecular flexibility index (Phi) is 33.4. The summed E-state index contributed by atoms with van der Waals surface area (Å²) in [5.41, 5.74) is 0. The number of aliphatic hydroxyl groups is 8. The number of aliphatic hydroxyl groups excluding tert-OH is 8. The summed E-state index contributed by atoms with van der Waals surface area (Å²) in [5, 5.41) is 86.8. The smallest absolute Gasteiger partial charge is 0.220 e. The van der Waals surface area contributed by atoms with Crippen LogP contribution in [-0.2, 0) is 23.7 Å². The van der Waals surface area contributed by atoms with Crippen LogP contribution in [0.3, 0.4) is 0 Å². The van der Waals surface area contributed by atoms with Crippen molar-refractivity contribution in [2.75, 3.05) is 19.8 Å². The quantitative estimate of drug-likeness (QED) is 0.0250. The molecule has 14 heteroatoms. The number of ether oxygens (including phenoxy) is 4. The van der Waals surface area contributed by atoms with E-state index < -0.39 is 86.8 Å². The SMILES string of the molecule is CCCCC/C=C\C/C=C\CCCCCCCCCC(=O)NC(COC1OC(CO)C(OC2OC(CO)C(O)C(O)C2O)C(O)C1O)C(O)CCCCCCCCCCCCCC. The molecule has 0 aromatic rings. The number of rotatable bonds is 38. The van der Waals surface area contributed by atoms with Crippen molar-refractivity contribution in [3.63, 3.8) is 0 Å². The van der Waals surface area contributed by atoms with E-state index in [-0.39, 0.29) is 12.5 Å². The average Bonchev–Trinajstić information content (AvgIpc) is 3.28. The van der Waals surface area contributed by atoms with Crippen molar-refractivity contribution in [2.45, 2.75) is 261 Å². The topological polar surface area (TPSA) is 228 Å². The molecule has 63 heavy (non-hydrogen) atoms. The zero-order valence-corrected chi connectivity index (χ0v) is 39.1. The lowest BCUT2D eigenvalue weighted by Crippen LogP contribution is -2.65. The molecule has 2 aliphatic heterocycles. The monoisotopic (exact) mass is 902 g/mol. The summed E-state index contributed by atoms with van der Waals surface area (Å²) in [7, 11) is 0. The first-order valence-corrected chi connectivity index (χ1v) is 25.1. The molecule has 14 nitrogen and oxygen atoms in total. The van der Waals surface area contributed by atoms with Crippen LogP contribution >= 0.6 is 0 Å². The standard InChI is InChI=1S/C49H91NO13/c1-3-5-7-9-11-13-15-17-18-19-20-21-23-25-27-29-31-33-41(54)50-37(38(53)32-30-28-26-24-22-16-14-12-10-8-6-4-2)36-60-48-46(59)44(57)47(40(35-52)62-48)63-49-45(58)43(56)42(55)39(34-51)61-49/h11,13,17-18,37-40,42-49,51-53,55-59H,3-10,12,14-16,19-36H2,1-2H3,(H,50,54)/b13-11-,18-17-. The minimum atomic E-state index is -1.78. The Bertz CT molecular complexity index is 1160. The molecule has 2 aliphatic rings. The van der Waals surface area contributed by atoms with Gasteiger partial charge < -0.3 is 65.1 Å². The molecular weight excluding hydrogens is 811 g/mol. The molecule has 2 fully saturated rings. The number of nitrogens with one attached hydrogen (secondary N) is 1. The molecule has 0 aliphatic carbocycles. The van der Waals surface area contributed by atoms with Gasteiger partial charge in [0.2, 0.25) is 5.91 Å². The van der Waals surface area contributed by atoms with Gasteiger partial charge in [0.25, 0.3) is 0 Å². The van der Waals surface area contributed by atoms with E-state index in [1.54, 1.807) is 0 Å². The number of carbonyl (C=O) groups is 1. The third-order valence-electron chi connectivity index (χ3n) is 12.4.